The first-order chi connectivity index (χ1) is 6.45. The van der Waals surface area contributed by atoms with Crippen LogP contribution in [0.15, 0.2) is 0 Å². The summed E-state index contributed by atoms with van der Waals surface area (Å²) in [4.78, 5) is 10.6. The number of hydrogen-bond donors (Lipinski definition) is 2. The number of ether oxygens (including phenoxy) is 1. The van der Waals surface area contributed by atoms with Crippen molar-refractivity contribution in [1.82, 2.24) is 5.32 Å². The Bertz CT molecular complexity index is 172. The van der Waals surface area contributed by atoms with Crippen LogP contribution in [0.4, 0.5) is 18.0 Å². The molecular weight excluding hydrogens is 203 g/mol. The SMILES string of the molecule is O=C(NCCCC(F)(F)F)OCCO. The minimum absolute atomic E-state index is 0.0935. The minimum atomic E-state index is -4.20. The largest absolute Gasteiger partial charge is 0.447 e. The summed E-state index contributed by atoms with van der Waals surface area (Å²) in [6.45, 7) is -0.565. The molecule has 84 valence electrons. The van der Waals surface area contributed by atoms with Crippen LogP contribution in [-0.2, 0) is 4.74 Å². The molecule has 0 aliphatic carbocycles. The van der Waals surface area contributed by atoms with Gasteiger partial charge in [-0.15, -0.1) is 0 Å². The van der Waals surface area contributed by atoms with Crippen molar-refractivity contribution in [2.24, 2.45) is 0 Å². The van der Waals surface area contributed by atoms with E-state index in [1.54, 1.807) is 0 Å². The van der Waals surface area contributed by atoms with Crippen molar-refractivity contribution in [1.29, 1.82) is 0 Å². The molecule has 0 unspecified atom stereocenters. The Morgan fingerprint density at radius 1 is 1.43 bits per heavy atom. The van der Waals surface area contributed by atoms with Crippen molar-refractivity contribution in [3.63, 3.8) is 0 Å². The lowest BCUT2D eigenvalue weighted by molar-refractivity contribution is -0.135. The summed E-state index contributed by atoms with van der Waals surface area (Å²) in [7, 11) is 0. The molecular formula is C7H12F3NO3. The van der Waals surface area contributed by atoms with Crippen LogP contribution < -0.4 is 5.32 Å². The quantitative estimate of drug-likeness (QED) is 0.674. The zero-order valence-corrected chi connectivity index (χ0v) is 7.43. The summed E-state index contributed by atoms with van der Waals surface area (Å²) < 4.78 is 39.2. The number of alkyl carbamates (subject to hydrolysis) is 1. The van der Waals surface area contributed by atoms with Gasteiger partial charge in [0.05, 0.1) is 6.61 Å². The summed E-state index contributed by atoms with van der Waals surface area (Å²) in [5, 5.41) is 10.4. The molecule has 7 heteroatoms. The number of carbonyl (C=O) groups excluding carboxylic acids is 1. The van der Waals surface area contributed by atoms with Crippen LogP contribution in [0.25, 0.3) is 0 Å². The van der Waals surface area contributed by atoms with E-state index in [9.17, 15) is 18.0 Å². The number of nitrogens with one attached hydrogen (secondary N) is 1. The lowest BCUT2D eigenvalue weighted by Gasteiger charge is -2.07. The van der Waals surface area contributed by atoms with E-state index in [1.165, 1.54) is 0 Å². The van der Waals surface area contributed by atoms with Crippen LogP contribution in [0.3, 0.4) is 0 Å². The molecule has 0 heterocycles. The highest BCUT2D eigenvalue weighted by Gasteiger charge is 2.25. The van der Waals surface area contributed by atoms with Gasteiger partial charge < -0.3 is 15.2 Å². The van der Waals surface area contributed by atoms with Gasteiger partial charge >= 0.3 is 12.3 Å². The van der Waals surface area contributed by atoms with E-state index in [0.29, 0.717) is 0 Å². The Hall–Kier alpha value is -0.980. The van der Waals surface area contributed by atoms with E-state index in [2.05, 4.69) is 10.1 Å². The van der Waals surface area contributed by atoms with Crippen LogP contribution in [0, 0.1) is 0 Å². The van der Waals surface area contributed by atoms with Crippen LogP contribution in [0.5, 0.6) is 0 Å². The fourth-order valence-corrected chi connectivity index (χ4v) is 0.669. The topological polar surface area (TPSA) is 58.6 Å². The molecule has 0 aromatic rings. The van der Waals surface area contributed by atoms with E-state index in [0.717, 1.165) is 0 Å². The highest BCUT2D eigenvalue weighted by molar-refractivity contribution is 5.66. The average molecular weight is 215 g/mol. The summed E-state index contributed by atoms with van der Waals surface area (Å²) in [5.41, 5.74) is 0. The molecule has 1 amide bonds. The van der Waals surface area contributed by atoms with Crippen LogP contribution in [0.2, 0.25) is 0 Å². The number of rotatable bonds is 5. The van der Waals surface area contributed by atoms with Gasteiger partial charge in [0.25, 0.3) is 0 Å². The van der Waals surface area contributed by atoms with Crippen molar-refractivity contribution in [3.8, 4) is 0 Å². The molecule has 0 aromatic heterocycles. The van der Waals surface area contributed by atoms with Gasteiger partial charge in [-0.3, -0.25) is 0 Å². The van der Waals surface area contributed by atoms with Crippen LogP contribution in [0.1, 0.15) is 12.8 Å². The molecule has 0 aromatic carbocycles. The van der Waals surface area contributed by atoms with Gasteiger partial charge in [-0.1, -0.05) is 0 Å². The van der Waals surface area contributed by atoms with Crippen LogP contribution in [-0.4, -0.2) is 37.1 Å². The summed E-state index contributed by atoms with van der Waals surface area (Å²) in [6.07, 6.45) is -6.14. The molecule has 0 saturated carbocycles. The van der Waals surface area contributed by atoms with Crippen molar-refractivity contribution in [2.45, 2.75) is 19.0 Å². The summed E-state index contributed by atoms with van der Waals surface area (Å²) in [6, 6.07) is 0. The van der Waals surface area contributed by atoms with Gasteiger partial charge in [0.2, 0.25) is 0 Å². The van der Waals surface area contributed by atoms with Gasteiger partial charge in [0.1, 0.15) is 6.61 Å². The van der Waals surface area contributed by atoms with E-state index < -0.39 is 18.7 Å². The predicted molar refractivity (Wildman–Crippen MR) is 41.7 cm³/mol. The van der Waals surface area contributed by atoms with Gasteiger partial charge in [-0.2, -0.15) is 13.2 Å². The molecule has 0 spiro atoms. The molecule has 0 aliphatic rings. The first-order valence-electron chi connectivity index (χ1n) is 4.04. The maximum absolute atomic E-state index is 11.6. The Morgan fingerprint density at radius 3 is 2.57 bits per heavy atom. The third-order valence-electron chi connectivity index (χ3n) is 1.23. The van der Waals surface area contributed by atoms with E-state index >= 15 is 0 Å². The molecule has 0 aliphatic heterocycles. The van der Waals surface area contributed by atoms with E-state index in [1.807, 2.05) is 0 Å². The number of alkyl halides is 3. The number of carbonyl (C=O) groups is 1. The average Bonchev–Trinajstić information content (AvgIpc) is 2.07. The maximum Gasteiger partial charge on any atom is 0.407 e. The second-order valence-electron chi connectivity index (χ2n) is 2.51. The van der Waals surface area contributed by atoms with Gasteiger partial charge in [0.15, 0.2) is 0 Å². The van der Waals surface area contributed by atoms with Gasteiger partial charge in [0, 0.05) is 13.0 Å². The zero-order chi connectivity index (χ0) is 11.0. The van der Waals surface area contributed by atoms with E-state index in [4.69, 9.17) is 5.11 Å². The van der Waals surface area contributed by atoms with E-state index in [-0.39, 0.29) is 26.2 Å². The highest BCUT2D eigenvalue weighted by Crippen LogP contribution is 2.20. The summed E-state index contributed by atoms with van der Waals surface area (Å²) in [5.74, 6) is 0. The Kier molecular flexibility index (Phi) is 6.02. The molecule has 0 bridgehead atoms. The fourth-order valence-electron chi connectivity index (χ4n) is 0.669. The monoisotopic (exact) mass is 215 g/mol. The smallest absolute Gasteiger partial charge is 0.407 e. The predicted octanol–water partition coefficient (Wildman–Crippen LogP) is 1.05. The molecule has 0 saturated heterocycles. The number of amides is 1. The minimum Gasteiger partial charge on any atom is -0.447 e. The first kappa shape index (κ1) is 13.0. The van der Waals surface area contributed by atoms with Crippen molar-refractivity contribution >= 4 is 6.09 Å². The first-order valence-corrected chi connectivity index (χ1v) is 4.04. The van der Waals surface area contributed by atoms with Gasteiger partial charge in [-0.25, -0.2) is 4.79 Å². The zero-order valence-electron chi connectivity index (χ0n) is 7.43. The Balaban J connectivity index is 3.32. The number of hydrogen-bond acceptors (Lipinski definition) is 3. The molecule has 0 fully saturated rings. The standard InChI is InChI=1S/C7H12F3NO3/c8-7(9,10)2-1-3-11-6(13)14-5-4-12/h12H,1-5H2,(H,11,13). The van der Waals surface area contributed by atoms with Crippen molar-refractivity contribution in [3.05, 3.63) is 0 Å². The fraction of sp³-hybridized carbons (Fsp3) is 0.857. The van der Waals surface area contributed by atoms with Crippen molar-refractivity contribution in [2.75, 3.05) is 19.8 Å². The molecule has 0 radical (unpaired) electrons. The molecule has 2 N–H and O–H groups in total. The third kappa shape index (κ3) is 9.11. The molecule has 4 nitrogen and oxygen atoms in total. The third-order valence-corrected chi connectivity index (χ3v) is 1.23. The number of aliphatic hydroxyl groups excluding tert-OH is 1. The second-order valence-corrected chi connectivity index (χ2v) is 2.51. The number of aliphatic hydroxyl groups is 1. The summed E-state index contributed by atoms with van der Waals surface area (Å²) >= 11 is 0. The van der Waals surface area contributed by atoms with Crippen molar-refractivity contribution < 1.29 is 27.8 Å². The second kappa shape index (κ2) is 6.47. The normalized spacial score (nSPS) is 11.1. The lowest BCUT2D eigenvalue weighted by atomic mass is 10.3. The van der Waals surface area contributed by atoms with Gasteiger partial charge in [-0.05, 0) is 6.42 Å². The molecule has 14 heavy (non-hydrogen) atoms. The molecule has 0 atom stereocenters. The lowest BCUT2D eigenvalue weighted by Crippen LogP contribution is -2.27. The highest BCUT2D eigenvalue weighted by atomic mass is 19.4. The molecule has 0 rings (SSSR count). The number of halogens is 3. The Labute approximate surface area is 79.0 Å². The maximum atomic E-state index is 11.6. The Morgan fingerprint density at radius 2 is 2.07 bits per heavy atom. The van der Waals surface area contributed by atoms with Crippen LogP contribution >= 0.6 is 0 Å².